The van der Waals surface area contributed by atoms with Crippen molar-refractivity contribution in [2.24, 2.45) is 5.41 Å². The van der Waals surface area contributed by atoms with Gasteiger partial charge in [0.1, 0.15) is 29.3 Å². The van der Waals surface area contributed by atoms with Gasteiger partial charge in [0, 0.05) is 36.5 Å². The third-order valence-electron chi connectivity index (χ3n) is 6.99. The number of ether oxygens (including phenoxy) is 3. The number of hydrogen-bond donors (Lipinski definition) is 2. The predicted molar refractivity (Wildman–Crippen MR) is 152 cm³/mol. The average molecular weight is 603 g/mol. The Morgan fingerprint density at radius 2 is 1.70 bits per heavy atom. The number of nitrogens with zero attached hydrogens (tertiary/aromatic N) is 4. The molecule has 1 fully saturated rings. The molecule has 2 N–H and O–H groups in total. The van der Waals surface area contributed by atoms with E-state index >= 15 is 4.39 Å². The van der Waals surface area contributed by atoms with Crippen LogP contribution in [0.25, 0.3) is 22.4 Å². The molecule has 0 spiro atoms. The first-order valence-corrected chi connectivity index (χ1v) is 13.3. The zero-order valence-electron chi connectivity index (χ0n) is 23.4. The quantitative estimate of drug-likeness (QED) is 0.203. The van der Waals surface area contributed by atoms with Crippen molar-refractivity contribution < 1.29 is 37.1 Å². The number of benzene rings is 2. The van der Waals surface area contributed by atoms with Crippen molar-refractivity contribution in [3.8, 4) is 28.8 Å². The van der Waals surface area contributed by atoms with Crippen molar-refractivity contribution in [2.45, 2.75) is 19.4 Å². The standard InChI is InChI=1S/C30H24F2N6O6/c1-41-15-25-37-26(44-38-25)20-12-19-22(13-24(20)42-2)33-10-7-23(19)43-27-21(32)11-18(14-34-27)36-29(40)30(8-9-30)28(39)35-17-5-3-16(31)4-6-17/h3-7,10-14H,8-9,15H2,1-2H3,(H,35,39)(H,36,40). The number of hydrogen-bond acceptors (Lipinski definition) is 10. The van der Waals surface area contributed by atoms with Gasteiger partial charge in [-0.25, -0.2) is 13.8 Å². The molecule has 3 heterocycles. The van der Waals surface area contributed by atoms with Gasteiger partial charge in [-0.3, -0.25) is 14.6 Å². The summed E-state index contributed by atoms with van der Waals surface area (Å²) < 4.78 is 50.1. The Balaban J connectivity index is 1.20. The highest BCUT2D eigenvalue weighted by Crippen LogP contribution is 2.47. The molecule has 6 rings (SSSR count). The van der Waals surface area contributed by atoms with Crippen molar-refractivity contribution >= 4 is 34.1 Å². The van der Waals surface area contributed by atoms with Crippen LogP contribution in [0.15, 0.2) is 65.4 Å². The van der Waals surface area contributed by atoms with E-state index in [-0.39, 0.29) is 29.8 Å². The van der Waals surface area contributed by atoms with Gasteiger partial charge in [0.25, 0.3) is 11.8 Å². The summed E-state index contributed by atoms with van der Waals surface area (Å²) in [4.78, 5) is 38.5. The Kier molecular flexibility index (Phi) is 7.57. The van der Waals surface area contributed by atoms with Gasteiger partial charge >= 0.3 is 0 Å². The van der Waals surface area contributed by atoms with Crippen LogP contribution in [-0.4, -0.2) is 46.1 Å². The second-order valence-electron chi connectivity index (χ2n) is 9.94. The zero-order valence-corrected chi connectivity index (χ0v) is 23.4. The lowest BCUT2D eigenvalue weighted by atomic mass is 10.0. The number of carbonyl (C=O) groups is 2. The van der Waals surface area contributed by atoms with E-state index in [4.69, 9.17) is 18.7 Å². The molecule has 44 heavy (non-hydrogen) atoms. The molecule has 224 valence electrons. The fraction of sp³-hybridized carbons (Fsp3) is 0.200. The summed E-state index contributed by atoms with van der Waals surface area (Å²) in [6.07, 6.45) is 3.32. The first-order chi connectivity index (χ1) is 21.3. The van der Waals surface area contributed by atoms with E-state index in [0.29, 0.717) is 46.6 Å². The third kappa shape index (κ3) is 5.62. The topological polar surface area (TPSA) is 151 Å². The summed E-state index contributed by atoms with van der Waals surface area (Å²) >= 11 is 0. The number of rotatable bonds is 10. The van der Waals surface area contributed by atoms with Gasteiger partial charge in [-0.05, 0) is 49.2 Å². The molecule has 1 saturated carbocycles. The number of aromatic nitrogens is 4. The fourth-order valence-corrected chi connectivity index (χ4v) is 4.51. The maximum atomic E-state index is 15.2. The second-order valence-corrected chi connectivity index (χ2v) is 9.94. The highest BCUT2D eigenvalue weighted by Gasteiger charge is 2.56. The van der Waals surface area contributed by atoms with Gasteiger partial charge in [0.15, 0.2) is 11.6 Å². The molecule has 0 bridgehead atoms. The van der Waals surface area contributed by atoms with Crippen LogP contribution in [0.5, 0.6) is 17.4 Å². The largest absolute Gasteiger partial charge is 0.496 e. The normalized spacial score (nSPS) is 13.4. The van der Waals surface area contributed by atoms with Crippen LogP contribution in [0.2, 0.25) is 0 Å². The highest BCUT2D eigenvalue weighted by atomic mass is 19.1. The summed E-state index contributed by atoms with van der Waals surface area (Å²) in [5.41, 5.74) is 0.00833. The molecule has 0 unspecified atom stereocenters. The number of halogens is 2. The van der Waals surface area contributed by atoms with Crippen molar-refractivity contribution in [1.29, 1.82) is 0 Å². The number of anilines is 2. The number of carbonyl (C=O) groups excluding carboxylic acids is 2. The molecule has 14 heteroatoms. The molecule has 5 aromatic rings. The highest BCUT2D eigenvalue weighted by molar-refractivity contribution is 6.16. The Morgan fingerprint density at radius 1 is 0.955 bits per heavy atom. The maximum absolute atomic E-state index is 15.2. The van der Waals surface area contributed by atoms with Crippen LogP contribution in [-0.2, 0) is 20.9 Å². The van der Waals surface area contributed by atoms with E-state index in [1.807, 2.05) is 0 Å². The van der Waals surface area contributed by atoms with Crippen LogP contribution in [0.1, 0.15) is 18.7 Å². The van der Waals surface area contributed by atoms with Gasteiger partial charge in [0.05, 0.1) is 30.1 Å². The second kappa shape index (κ2) is 11.6. The average Bonchev–Trinajstić information content (AvgIpc) is 3.72. The molecule has 2 amide bonds. The van der Waals surface area contributed by atoms with Crippen molar-refractivity contribution in [2.75, 3.05) is 24.9 Å². The van der Waals surface area contributed by atoms with E-state index in [0.717, 1.165) is 6.07 Å². The smallest absolute Gasteiger partial charge is 0.261 e. The predicted octanol–water partition coefficient (Wildman–Crippen LogP) is 5.26. The van der Waals surface area contributed by atoms with E-state index in [1.54, 1.807) is 12.1 Å². The minimum absolute atomic E-state index is 0.0376. The van der Waals surface area contributed by atoms with Gasteiger partial charge in [-0.15, -0.1) is 0 Å². The number of pyridine rings is 2. The van der Waals surface area contributed by atoms with E-state index < -0.39 is 28.9 Å². The fourth-order valence-electron chi connectivity index (χ4n) is 4.51. The van der Waals surface area contributed by atoms with Crippen LogP contribution in [0.3, 0.4) is 0 Å². The molecule has 0 saturated heterocycles. The van der Waals surface area contributed by atoms with Gasteiger partial charge < -0.3 is 29.4 Å². The molecule has 0 radical (unpaired) electrons. The van der Waals surface area contributed by atoms with Crippen LogP contribution in [0, 0.1) is 17.0 Å². The van der Waals surface area contributed by atoms with Crippen molar-refractivity contribution in [3.63, 3.8) is 0 Å². The molecule has 2 aromatic carbocycles. The Labute approximate surface area is 248 Å². The molecular formula is C30H24F2N6O6. The lowest BCUT2D eigenvalue weighted by Crippen LogP contribution is -2.35. The lowest BCUT2D eigenvalue weighted by molar-refractivity contribution is -0.131. The summed E-state index contributed by atoms with van der Waals surface area (Å²) in [5, 5.41) is 9.54. The van der Waals surface area contributed by atoms with Crippen molar-refractivity contribution in [3.05, 3.63) is 78.4 Å². The van der Waals surface area contributed by atoms with E-state index in [9.17, 15) is 14.0 Å². The molecule has 12 nitrogen and oxygen atoms in total. The Bertz CT molecular complexity index is 1880. The molecule has 0 atom stereocenters. The molecule has 0 aliphatic heterocycles. The number of fused-ring (bicyclic) bond motifs is 1. The molecule has 3 aromatic heterocycles. The summed E-state index contributed by atoms with van der Waals surface area (Å²) in [6.45, 7) is 0.154. The van der Waals surface area contributed by atoms with Gasteiger partial charge in [-0.1, -0.05) is 5.16 Å². The van der Waals surface area contributed by atoms with Crippen LogP contribution in [0.4, 0.5) is 20.2 Å². The molecule has 1 aliphatic rings. The zero-order chi connectivity index (χ0) is 30.8. The summed E-state index contributed by atoms with van der Waals surface area (Å²) in [6, 6.07) is 11.1. The first-order valence-electron chi connectivity index (χ1n) is 13.3. The number of amides is 2. The number of methoxy groups -OCH3 is 2. The third-order valence-corrected chi connectivity index (χ3v) is 6.99. The van der Waals surface area contributed by atoms with Gasteiger partial charge in [-0.2, -0.15) is 4.98 Å². The maximum Gasteiger partial charge on any atom is 0.261 e. The van der Waals surface area contributed by atoms with Crippen LogP contribution >= 0.6 is 0 Å². The monoisotopic (exact) mass is 602 g/mol. The first kappa shape index (κ1) is 28.6. The molecular weight excluding hydrogens is 578 g/mol. The summed E-state index contributed by atoms with van der Waals surface area (Å²) in [7, 11) is 3.00. The minimum atomic E-state index is -1.32. The Hall–Kier alpha value is -5.50. The van der Waals surface area contributed by atoms with E-state index in [1.165, 1.54) is 56.9 Å². The van der Waals surface area contributed by atoms with E-state index in [2.05, 4.69) is 30.7 Å². The number of nitrogens with one attached hydrogen (secondary N) is 2. The minimum Gasteiger partial charge on any atom is -0.496 e. The van der Waals surface area contributed by atoms with Crippen molar-refractivity contribution in [1.82, 2.24) is 20.1 Å². The Morgan fingerprint density at radius 3 is 2.39 bits per heavy atom. The lowest BCUT2D eigenvalue weighted by Gasteiger charge is -2.16. The molecule has 1 aliphatic carbocycles. The van der Waals surface area contributed by atoms with Crippen LogP contribution < -0.4 is 20.1 Å². The summed E-state index contributed by atoms with van der Waals surface area (Å²) in [5.74, 6) is -1.65. The van der Waals surface area contributed by atoms with Gasteiger partial charge in [0.2, 0.25) is 11.8 Å². The SMILES string of the molecule is COCc1noc(-c2cc3c(Oc4ncc(NC(=O)C5(C(=O)Nc6ccc(F)cc6)CC5)cc4F)ccnc3cc2OC)n1.